The third-order valence-electron chi connectivity index (χ3n) is 3.71. The average molecular weight is 321 g/mol. The molecule has 3 aromatic rings. The lowest BCUT2D eigenvalue weighted by Gasteiger charge is -2.08. The molecular weight excluding hydrogens is 302 g/mol. The molecule has 0 spiro atoms. The van der Waals surface area contributed by atoms with Gasteiger partial charge in [-0.3, -0.25) is 14.9 Å². The zero-order chi connectivity index (χ0) is 16.8. The molecule has 24 heavy (non-hydrogen) atoms. The second kappa shape index (κ2) is 7.55. The van der Waals surface area contributed by atoms with E-state index in [-0.39, 0.29) is 5.78 Å². The molecule has 0 aliphatic heterocycles. The second-order valence-corrected chi connectivity index (χ2v) is 5.53. The summed E-state index contributed by atoms with van der Waals surface area (Å²) in [5.74, 6) is 0.944. The number of aromatic nitrogens is 3. The molecule has 122 valence electrons. The highest BCUT2D eigenvalue weighted by atomic mass is 16.5. The number of Topliss-reactive ketones (excluding diaryl/α,β-unsaturated/α-hetero) is 1. The maximum atomic E-state index is 11.6. The van der Waals surface area contributed by atoms with Gasteiger partial charge in [-0.15, -0.1) is 0 Å². The predicted molar refractivity (Wildman–Crippen MR) is 91.6 cm³/mol. The summed E-state index contributed by atoms with van der Waals surface area (Å²) in [7, 11) is 0. The highest BCUT2D eigenvalue weighted by Gasteiger charge is 2.04. The number of carbonyl (C=O) groups is 1. The lowest BCUT2D eigenvalue weighted by Crippen LogP contribution is -2.02. The number of ketones is 1. The summed E-state index contributed by atoms with van der Waals surface area (Å²) < 4.78 is 5.78. The van der Waals surface area contributed by atoms with Crippen LogP contribution in [0.5, 0.6) is 5.75 Å². The van der Waals surface area contributed by atoms with Gasteiger partial charge in [0.1, 0.15) is 18.1 Å². The Morgan fingerprint density at radius 1 is 1.17 bits per heavy atom. The maximum absolute atomic E-state index is 11.6. The zero-order valence-corrected chi connectivity index (χ0v) is 13.5. The molecule has 0 aliphatic carbocycles. The molecule has 1 N–H and O–H groups in total. The zero-order valence-electron chi connectivity index (χ0n) is 13.5. The van der Waals surface area contributed by atoms with Gasteiger partial charge in [-0.1, -0.05) is 31.2 Å². The number of rotatable bonds is 7. The molecule has 0 fully saturated rings. The van der Waals surface area contributed by atoms with E-state index in [0.717, 1.165) is 22.5 Å². The topological polar surface area (TPSA) is 67.9 Å². The third-order valence-corrected chi connectivity index (χ3v) is 3.71. The first-order valence-electron chi connectivity index (χ1n) is 7.92. The maximum Gasteiger partial charge on any atom is 0.138 e. The fourth-order valence-corrected chi connectivity index (χ4v) is 2.37. The van der Waals surface area contributed by atoms with E-state index in [2.05, 4.69) is 15.2 Å². The molecule has 2 aromatic heterocycles. The van der Waals surface area contributed by atoms with Gasteiger partial charge in [0, 0.05) is 19.0 Å². The Balaban J connectivity index is 1.61. The Labute approximate surface area is 140 Å². The molecule has 1 aromatic carbocycles. The van der Waals surface area contributed by atoms with Crippen LogP contribution in [0.2, 0.25) is 0 Å². The van der Waals surface area contributed by atoms with Gasteiger partial charge in [0.2, 0.25) is 0 Å². The number of nitrogens with zero attached hydrogens (tertiary/aromatic N) is 2. The van der Waals surface area contributed by atoms with Crippen molar-refractivity contribution in [3.8, 4) is 17.1 Å². The summed E-state index contributed by atoms with van der Waals surface area (Å²) in [5.41, 5.74) is 3.75. The fourth-order valence-electron chi connectivity index (χ4n) is 2.37. The number of hydrogen-bond donors (Lipinski definition) is 1. The standard InChI is InChI=1S/C19H19N3O2/c1-2-16(23)11-14-4-3-5-15(10-14)13-24-17-6-7-18(20-12-17)19-8-9-21-22-19/h3-10,12H,2,11,13H2,1H3,(H,21,22). The van der Waals surface area contributed by atoms with Crippen LogP contribution >= 0.6 is 0 Å². The number of H-pyrrole nitrogens is 1. The Morgan fingerprint density at radius 2 is 2.04 bits per heavy atom. The van der Waals surface area contributed by atoms with Crippen LogP contribution in [0.1, 0.15) is 24.5 Å². The van der Waals surface area contributed by atoms with Crippen molar-refractivity contribution in [1.29, 1.82) is 0 Å². The van der Waals surface area contributed by atoms with Crippen LogP contribution in [0.4, 0.5) is 0 Å². The Bertz CT molecular complexity index is 796. The van der Waals surface area contributed by atoms with Crippen molar-refractivity contribution in [3.63, 3.8) is 0 Å². The van der Waals surface area contributed by atoms with Crippen molar-refractivity contribution >= 4 is 5.78 Å². The van der Waals surface area contributed by atoms with E-state index in [0.29, 0.717) is 25.2 Å². The van der Waals surface area contributed by atoms with Crippen LogP contribution in [-0.2, 0) is 17.8 Å². The van der Waals surface area contributed by atoms with Crippen molar-refractivity contribution in [1.82, 2.24) is 15.2 Å². The molecule has 5 heteroatoms. The second-order valence-electron chi connectivity index (χ2n) is 5.53. The number of ether oxygens (including phenoxy) is 1. The molecule has 0 unspecified atom stereocenters. The van der Waals surface area contributed by atoms with E-state index in [4.69, 9.17) is 4.74 Å². The number of carbonyl (C=O) groups excluding carboxylic acids is 1. The van der Waals surface area contributed by atoms with Crippen LogP contribution in [0.15, 0.2) is 54.9 Å². The van der Waals surface area contributed by atoms with E-state index in [1.807, 2.05) is 49.4 Å². The van der Waals surface area contributed by atoms with E-state index in [1.165, 1.54) is 0 Å². The molecule has 2 heterocycles. The Hall–Kier alpha value is -2.95. The summed E-state index contributed by atoms with van der Waals surface area (Å²) in [6, 6.07) is 13.6. The number of pyridine rings is 1. The summed E-state index contributed by atoms with van der Waals surface area (Å²) in [6.45, 7) is 2.33. The largest absolute Gasteiger partial charge is 0.487 e. The van der Waals surface area contributed by atoms with E-state index < -0.39 is 0 Å². The molecule has 0 saturated heterocycles. The van der Waals surface area contributed by atoms with Crippen LogP contribution in [-0.4, -0.2) is 21.0 Å². The fraction of sp³-hybridized carbons (Fsp3) is 0.211. The van der Waals surface area contributed by atoms with Crippen LogP contribution in [0.25, 0.3) is 11.4 Å². The summed E-state index contributed by atoms with van der Waals surface area (Å²) >= 11 is 0. The van der Waals surface area contributed by atoms with Crippen LogP contribution < -0.4 is 4.74 Å². The van der Waals surface area contributed by atoms with Gasteiger partial charge in [0.05, 0.1) is 17.6 Å². The smallest absolute Gasteiger partial charge is 0.138 e. The number of benzene rings is 1. The summed E-state index contributed by atoms with van der Waals surface area (Å²) in [4.78, 5) is 15.9. The van der Waals surface area contributed by atoms with Crippen molar-refractivity contribution < 1.29 is 9.53 Å². The molecule has 3 rings (SSSR count). The molecule has 0 bridgehead atoms. The molecule has 0 amide bonds. The van der Waals surface area contributed by atoms with E-state index in [1.54, 1.807) is 12.4 Å². The minimum Gasteiger partial charge on any atom is -0.487 e. The van der Waals surface area contributed by atoms with Crippen LogP contribution in [0, 0.1) is 0 Å². The number of hydrogen-bond acceptors (Lipinski definition) is 4. The predicted octanol–water partition coefficient (Wildman–Crippen LogP) is 3.57. The lowest BCUT2D eigenvalue weighted by molar-refractivity contribution is -0.118. The first-order valence-corrected chi connectivity index (χ1v) is 7.92. The SMILES string of the molecule is CCC(=O)Cc1cccc(COc2ccc(-c3ccn[nH]3)nc2)c1. The third kappa shape index (κ3) is 4.07. The van der Waals surface area contributed by atoms with Gasteiger partial charge >= 0.3 is 0 Å². The van der Waals surface area contributed by atoms with Crippen LogP contribution in [0.3, 0.4) is 0 Å². The van der Waals surface area contributed by atoms with Crippen molar-refractivity contribution in [2.24, 2.45) is 0 Å². The highest BCUT2D eigenvalue weighted by molar-refractivity contribution is 5.80. The molecule has 0 saturated carbocycles. The first-order chi connectivity index (χ1) is 11.7. The van der Waals surface area contributed by atoms with Gasteiger partial charge in [-0.05, 0) is 29.3 Å². The average Bonchev–Trinajstić information content (AvgIpc) is 3.15. The van der Waals surface area contributed by atoms with Crippen molar-refractivity contribution in [2.45, 2.75) is 26.4 Å². The monoisotopic (exact) mass is 321 g/mol. The minimum absolute atomic E-state index is 0.242. The van der Waals surface area contributed by atoms with Gasteiger partial charge in [-0.2, -0.15) is 5.10 Å². The molecular formula is C19H19N3O2. The quantitative estimate of drug-likeness (QED) is 0.722. The summed E-state index contributed by atoms with van der Waals surface area (Å²) in [6.07, 6.45) is 4.43. The lowest BCUT2D eigenvalue weighted by atomic mass is 10.1. The molecule has 0 atom stereocenters. The van der Waals surface area contributed by atoms with E-state index >= 15 is 0 Å². The van der Waals surface area contributed by atoms with Gasteiger partial charge < -0.3 is 4.74 Å². The van der Waals surface area contributed by atoms with Gasteiger partial charge in [0.25, 0.3) is 0 Å². The molecule has 5 nitrogen and oxygen atoms in total. The molecule has 0 aliphatic rings. The van der Waals surface area contributed by atoms with Gasteiger partial charge in [0.15, 0.2) is 0 Å². The Morgan fingerprint density at radius 3 is 2.75 bits per heavy atom. The highest BCUT2D eigenvalue weighted by Crippen LogP contribution is 2.18. The Kier molecular flexibility index (Phi) is 5.01. The van der Waals surface area contributed by atoms with E-state index in [9.17, 15) is 4.79 Å². The number of nitrogens with one attached hydrogen (secondary N) is 1. The number of aromatic amines is 1. The minimum atomic E-state index is 0.242. The van der Waals surface area contributed by atoms with Crippen molar-refractivity contribution in [3.05, 3.63) is 66.0 Å². The first kappa shape index (κ1) is 15.9. The van der Waals surface area contributed by atoms with Gasteiger partial charge in [-0.25, -0.2) is 0 Å². The van der Waals surface area contributed by atoms with Crippen molar-refractivity contribution in [2.75, 3.05) is 0 Å². The normalized spacial score (nSPS) is 10.5. The molecule has 0 radical (unpaired) electrons. The summed E-state index contributed by atoms with van der Waals surface area (Å²) in [5, 5.41) is 6.79.